The van der Waals surface area contributed by atoms with E-state index in [2.05, 4.69) is 4.98 Å². The van der Waals surface area contributed by atoms with E-state index in [0.29, 0.717) is 6.07 Å². The number of rotatable bonds is 4. The molecule has 0 aliphatic heterocycles. The molecule has 0 unspecified atom stereocenters. The quantitative estimate of drug-likeness (QED) is 0.793. The van der Waals surface area contributed by atoms with Gasteiger partial charge in [-0.3, -0.25) is 9.78 Å². The van der Waals surface area contributed by atoms with Gasteiger partial charge in [-0.1, -0.05) is 0 Å². The summed E-state index contributed by atoms with van der Waals surface area (Å²) in [6.07, 6.45) is 0.726. The second-order valence-corrected chi connectivity index (χ2v) is 3.06. The lowest BCUT2D eigenvalue weighted by atomic mass is 10.1. The lowest BCUT2D eigenvalue weighted by Crippen LogP contribution is -2.15. The van der Waals surface area contributed by atoms with E-state index < -0.39 is 23.6 Å². The third-order valence-corrected chi connectivity index (χ3v) is 1.86. The number of nitrogens with two attached hydrogens (primary N) is 1. The van der Waals surface area contributed by atoms with Crippen molar-refractivity contribution in [1.29, 1.82) is 0 Å². The molecule has 3 N–H and O–H groups in total. The summed E-state index contributed by atoms with van der Waals surface area (Å²) in [5, 5.41) is 8.39. The molecule has 4 nitrogen and oxygen atoms in total. The minimum atomic E-state index is -1.02. The molecular formula is C9H10F2N2O2. The molecule has 0 saturated carbocycles. The van der Waals surface area contributed by atoms with Crippen LogP contribution in [0.3, 0.4) is 0 Å². The van der Waals surface area contributed by atoms with E-state index in [1.54, 1.807) is 0 Å². The smallest absolute Gasteiger partial charge is 0.303 e. The van der Waals surface area contributed by atoms with Gasteiger partial charge in [0.25, 0.3) is 0 Å². The highest BCUT2D eigenvalue weighted by atomic mass is 19.1. The van der Waals surface area contributed by atoms with E-state index in [1.165, 1.54) is 0 Å². The van der Waals surface area contributed by atoms with Gasteiger partial charge >= 0.3 is 5.97 Å². The van der Waals surface area contributed by atoms with Crippen LogP contribution in [0.15, 0.2) is 12.3 Å². The van der Waals surface area contributed by atoms with Crippen molar-refractivity contribution < 1.29 is 18.7 Å². The lowest BCUT2D eigenvalue weighted by molar-refractivity contribution is -0.137. The van der Waals surface area contributed by atoms with Crippen LogP contribution < -0.4 is 5.73 Å². The van der Waals surface area contributed by atoms with Crippen LogP contribution in [-0.2, 0) is 4.79 Å². The average molecular weight is 216 g/mol. The molecule has 0 bridgehead atoms. The second kappa shape index (κ2) is 4.79. The number of aliphatic carboxylic acids is 1. The van der Waals surface area contributed by atoms with Gasteiger partial charge in [0.1, 0.15) is 11.6 Å². The fourth-order valence-corrected chi connectivity index (χ4v) is 1.11. The molecule has 15 heavy (non-hydrogen) atoms. The topological polar surface area (TPSA) is 76.2 Å². The first kappa shape index (κ1) is 11.5. The first-order valence-corrected chi connectivity index (χ1v) is 4.29. The summed E-state index contributed by atoms with van der Waals surface area (Å²) in [6, 6.07) is -0.162. The minimum Gasteiger partial charge on any atom is -0.481 e. The molecular weight excluding hydrogens is 206 g/mol. The van der Waals surface area contributed by atoms with Crippen molar-refractivity contribution in [2.75, 3.05) is 0 Å². The Morgan fingerprint density at radius 3 is 2.80 bits per heavy atom. The minimum absolute atomic E-state index is 0.0604. The molecule has 0 aromatic carbocycles. The predicted octanol–water partition coefficient (Wildman–Crippen LogP) is 1.22. The molecule has 1 heterocycles. The van der Waals surface area contributed by atoms with Gasteiger partial charge < -0.3 is 10.8 Å². The molecule has 1 atom stereocenters. The standard InChI is InChI=1S/C9H10F2N2O2/c10-5-3-6(11)9(13-4-5)7(12)1-2-8(14)15/h3-4,7H,1-2,12H2,(H,14,15)/t7-/m0/s1. The Morgan fingerprint density at radius 2 is 2.27 bits per heavy atom. The SMILES string of the molecule is N[C@@H](CCC(=O)O)c1ncc(F)cc1F. The molecule has 1 aromatic rings. The largest absolute Gasteiger partial charge is 0.481 e. The van der Waals surface area contributed by atoms with Gasteiger partial charge in [-0.05, 0) is 6.42 Å². The lowest BCUT2D eigenvalue weighted by Gasteiger charge is -2.10. The Hall–Kier alpha value is -1.56. The zero-order chi connectivity index (χ0) is 11.4. The summed E-state index contributed by atoms with van der Waals surface area (Å²) >= 11 is 0. The number of carbonyl (C=O) groups is 1. The Kier molecular flexibility index (Phi) is 3.68. The zero-order valence-electron chi connectivity index (χ0n) is 7.78. The Morgan fingerprint density at radius 1 is 1.60 bits per heavy atom. The van der Waals surface area contributed by atoms with Crippen LogP contribution in [0.2, 0.25) is 0 Å². The summed E-state index contributed by atoms with van der Waals surface area (Å²) in [7, 11) is 0. The van der Waals surface area contributed by atoms with Crippen molar-refractivity contribution in [2.24, 2.45) is 5.73 Å². The van der Waals surface area contributed by atoms with Gasteiger partial charge in [0.15, 0.2) is 0 Å². The first-order chi connectivity index (χ1) is 7.00. The molecule has 0 aliphatic rings. The zero-order valence-corrected chi connectivity index (χ0v) is 7.78. The van der Waals surface area contributed by atoms with Crippen LogP contribution >= 0.6 is 0 Å². The average Bonchev–Trinajstić information content (AvgIpc) is 2.14. The predicted molar refractivity (Wildman–Crippen MR) is 48.0 cm³/mol. The monoisotopic (exact) mass is 216 g/mol. The molecule has 0 radical (unpaired) electrons. The van der Waals surface area contributed by atoms with Crippen molar-refractivity contribution in [2.45, 2.75) is 18.9 Å². The number of aromatic nitrogens is 1. The number of hydrogen-bond acceptors (Lipinski definition) is 3. The number of carboxylic acid groups (broad SMARTS) is 1. The van der Waals surface area contributed by atoms with Crippen LogP contribution in [0.4, 0.5) is 8.78 Å². The van der Waals surface area contributed by atoms with Crippen molar-refractivity contribution >= 4 is 5.97 Å². The van der Waals surface area contributed by atoms with Crippen LogP contribution in [0, 0.1) is 11.6 Å². The number of nitrogens with zero attached hydrogens (tertiary/aromatic N) is 1. The van der Waals surface area contributed by atoms with Gasteiger partial charge in [-0.25, -0.2) is 8.78 Å². The molecule has 1 rings (SSSR count). The Labute approximate surface area is 84.7 Å². The van der Waals surface area contributed by atoms with Crippen molar-refractivity contribution in [3.8, 4) is 0 Å². The highest BCUT2D eigenvalue weighted by Crippen LogP contribution is 2.17. The third kappa shape index (κ3) is 3.25. The highest BCUT2D eigenvalue weighted by molar-refractivity contribution is 5.66. The normalized spacial score (nSPS) is 12.5. The number of carboxylic acids is 1. The summed E-state index contributed by atoms with van der Waals surface area (Å²) < 4.78 is 25.6. The maximum atomic E-state index is 13.1. The van der Waals surface area contributed by atoms with Crippen molar-refractivity contribution in [3.63, 3.8) is 0 Å². The van der Waals surface area contributed by atoms with E-state index in [1.807, 2.05) is 0 Å². The molecule has 0 spiro atoms. The van der Waals surface area contributed by atoms with Gasteiger partial charge in [-0.15, -0.1) is 0 Å². The van der Waals surface area contributed by atoms with Crippen LogP contribution in [0.5, 0.6) is 0 Å². The van der Waals surface area contributed by atoms with E-state index in [4.69, 9.17) is 10.8 Å². The summed E-state index contributed by atoms with van der Waals surface area (Å²) in [4.78, 5) is 13.7. The molecule has 82 valence electrons. The number of pyridine rings is 1. The van der Waals surface area contributed by atoms with Crippen LogP contribution in [0.25, 0.3) is 0 Å². The first-order valence-electron chi connectivity index (χ1n) is 4.29. The van der Waals surface area contributed by atoms with E-state index >= 15 is 0 Å². The Bertz CT molecular complexity index is 371. The van der Waals surface area contributed by atoms with Crippen LogP contribution in [-0.4, -0.2) is 16.1 Å². The van der Waals surface area contributed by atoms with Crippen molar-refractivity contribution in [1.82, 2.24) is 4.98 Å². The third-order valence-electron chi connectivity index (χ3n) is 1.86. The fraction of sp³-hybridized carbons (Fsp3) is 0.333. The number of halogens is 2. The highest BCUT2D eigenvalue weighted by Gasteiger charge is 2.14. The van der Waals surface area contributed by atoms with Gasteiger partial charge in [0.05, 0.1) is 17.9 Å². The summed E-state index contributed by atoms with van der Waals surface area (Å²) in [5.74, 6) is -2.66. The summed E-state index contributed by atoms with van der Waals surface area (Å²) in [6.45, 7) is 0. The maximum absolute atomic E-state index is 13.1. The van der Waals surface area contributed by atoms with E-state index in [0.717, 1.165) is 6.20 Å². The molecule has 0 amide bonds. The van der Waals surface area contributed by atoms with Crippen molar-refractivity contribution in [3.05, 3.63) is 29.6 Å². The molecule has 0 saturated heterocycles. The second-order valence-electron chi connectivity index (χ2n) is 3.06. The molecule has 0 aliphatic carbocycles. The van der Waals surface area contributed by atoms with E-state index in [9.17, 15) is 13.6 Å². The molecule has 1 aromatic heterocycles. The fourth-order valence-electron chi connectivity index (χ4n) is 1.11. The van der Waals surface area contributed by atoms with Crippen LogP contribution in [0.1, 0.15) is 24.6 Å². The molecule has 6 heteroatoms. The van der Waals surface area contributed by atoms with E-state index in [-0.39, 0.29) is 18.5 Å². The van der Waals surface area contributed by atoms with Gasteiger partial charge in [0, 0.05) is 12.5 Å². The Balaban J connectivity index is 2.73. The molecule has 0 fully saturated rings. The maximum Gasteiger partial charge on any atom is 0.303 e. The van der Waals surface area contributed by atoms with Gasteiger partial charge in [-0.2, -0.15) is 0 Å². The number of hydrogen-bond donors (Lipinski definition) is 2. The van der Waals surface area contributed by atoms with Gasteiger partial charge in [0.2, 0.25) is 0 Å². The summed E-state index contributed by atoms with van der Waals surface area (Å²) in [5.41, 5.74) is 5.39.